The largest absolute Gasteiger partial charge is 0.493 e. The van der Waals surface area contributed by atoms with Crippen LogP contribution in [0.2, 0.25) is 5.02 Å². The predicted molar refractivity (Wildman–Crippen MR) is 111 cm³/mol. The number of methoxy groups -OCH3 is 1. The summed E-state index contributed by atoms with van der Waals surface area (Å²) in [6.45, 7) is 4.04. The Balaban J connectivity index is 1.98. The Kier molecular flexibility index (Phi) is 6.16. The maximum absolute atomic E-state index is 12.5. The smallest absolute Gasteiger partial charge is 0.238 e. The van der Waals surface area contributed by atoms with Crippen molar-refractivity contribution in [3.8, 4) is 11.5 Å². The second kappa shape index (κ2) is 8.37. The number of carbonyl (C=O) groups excluding carboxylic acids is 1. The summed E-state index contributed by atoms with van der Waals surface area (Å²) in [5.74, 6) is 1.70. The number of rotatable bonds is 6. The zero-order chi connectivity index (χ0) is 18.7. The zero-order valence-corrected chi connectivity index (χ0v) is 17.2. The summed E-state index contributed by atoms with van der Waals surface area (Å²) < 4.78 is 11.9. The van der Waals surface area contributed by atoms with Crippen molar-refractivity contribution in [1.82, 2.24) is 0 Å². The first-order valence-corrected chi connectivity index (χ1v) is 10.1. The zero-order valence-electron chi connectivity index (χ0n) is 14.1. The molecule has 0 N–H and O–H groups in total. The molecule has 0 unspecified atom stereocenters. The Morgan fingerprint density at radius 2 is 2.12 bits per heavy atom. The first-order valence-electron chi connectivity index (χ1n) is 7.85. The number of hydrogen-bond donors (Lipinski definition) is 0. The highest BCUT2D eigenvalue weighted by Gasteiger charge is 2.35. The van der Waals surface area contributed by atoms with Gasteiger partial charge in [0.15, 0.2) is 11.5 Å². The summed E-state index contributed by atoms with van der Waals surface area (Å²) in [6, 6.07) is 11.1. The van der Waals surface area contributed by atoms with E-state index >= 15 is 0 Å². The summed E-state index contributed by atoms with van der Waals surface area (Å²) in [5, 5.41) is 0.486. The SMILES string of the molecule is C=CCOc1c(Br)cc([C@H]2SCC(=O)N2c2ccc(Cl)cc2)cc1OC. The van der Waals surface area contributed by atoms with Gasteiger partial charge in [-0.1, -0.05) is 24.3 Å². The highest BCUT2D eigenvalue weighted by molar-refractivity contribution is 9.10. The van der Waals surface area contributed by atoms with Gasteiger partial charge in [-0.15, -0.1) is 11.8 Å². The fraction of sp³-hybridized carbons (Fsp3) is 0.211. The number of amides is 1. The molecule has 1 heterocycles. The first kappa shape index (κ1) is 19.1. The van der Waals surface area contributed by atoms with Crippen LogP contribution in [0.1, 0.15) is 10.9 Å². The van der Waals surface area contributed by atoms with Crippen molar-refractivity contribution in [1.29, 1.82) is 0 Å². The van der Waals surface area contributed by atoms with Crippen LogP contribution in [0.25, 0.3) is 0 Å². The lowest BCUT2D eigenvalue weighted by atomic mass is 10.1. The summed E-state index contributed by atoms with van der Waals surface area (Å²) in [6.07, 6.45) is 1.67. The molecule has 1 aliphatic heterocycles. The molecular formula is C19H17BrClNO3S. The van der Waals surface area contributed by atoms with Gasteiger partial charge in [0, 0.05) is 10.7 Å². The van der Waals surface area contributed by atoms with Crippen molar-refractivity contribution in [2.45, 2.75) is 5.37 Å². The molecule has 2 aromatic carbocycles. The van der Waals surface area contributed by atoms with Gasteiger partial charge in [0.05, 0.1) is 17.3 Å². The minimum atomic E-state index is -0.151. The maximum atomic E-state index is 12.5. The van der Waals surface area contributed by atoms with E-state index in [1.807, 2.05) is 24.3 Å². The van der Waals surface area contributed by atoms with Crippen molar-refractivity contribution in [3.63, 3.8) is 0 Å². The van der Waals surface area contributed by atoms with Crippen LogP contribution >= 0.6 is 39.3 Å². The third-order valence-electron chi connectivity index (χ3n) is 3.86. The van der Waals surface area contributed by atoms with Crippen molar-refractivity contribution in [3.05, 3.63) is 64.1 Å². The topological polar surface area (TPSA) is 38.8 Å². The molecule has 0 bridgehead atoms. The maximum Gasteiger partial charge on any atom is 0.238 e. The summed E-state index contributed by atoms with van der Waals surface area (Å²) in [7, 11) is 1.59. The highest BCUT2D eigenvalue weighted by atomic mass is 79.9. The summed E-state index contributed by atoms with van der Waals surface area (Å²) in [5.41, 5.74) is 1.77. The average Bonchev–Trinajstić information content (AvgIpc) is 3.02. The number of hydrogen-bond acceptors (Lipinski definition) is 4. The number of carbonyl (C=O) groups is 1. The molecule has 3 rings (SSSR count). The van der Waals surface area contributed by atoms with E-state index in [2.05, 4.69) is 22.5 Å². The summed E-state index contributed by atoms with van der Waals surface area (Å²) in [4.78, 5) is 14.3. The Labute approximate surface area is 170 Å². The Bertz CT molecular complexity index is 828. The van der Waals surface area contributed by atoms with E-state index in [0.717, 1.165) is 15.7 Å². The van der Waals surface area contributed by atoms with Gasteiger partial charge in [-0.25, -0.2) is 0 Å². The van der Waals surface area contributed by atoms with Gasteiger partial charge in [-0.05, 0) is 57.9 Å². The second-order valence-corrected chi connectivity index (χ2v) is 7.90. The van der Waals surface area contributed by atoms with Crippen molar-refractivity contribution in [2.24, 2.45) is 0 Å². The van der Waals surface area contributed by atoms with Crippen LogP contribution in [-0.2, 0) is 4.79 Å². The molecule has 1 amide bonds. The lowest BCUT2D eigenvalue weighted by Crippen LogP contribution is -2.27. The van der Waals surface area contributed by atoms with Gasteiger partial charge in [-0.2, -0.15) is 0 Å². The van der Waals surface area contributed by atoms with Crippen LogP contribution in [0.4, 0.5) is 5.69 Å². The number of nitrogens with zero attached hydrogens (tertiary/aromatic N) is 1. The lowest BCUT2D eigenvalue weighted by Gasteiger charge is -2.25. The van der Waals surface area contributed by atoms with Crippen molar-refractivity contribution in [2.75, 3.05) is 24.4 Å². The molecule has 2 aromatic rings. The summed E-state index contributed by atoms with van der Waals surface area (Å²) >= 11 is 11.1. The lowest BCUT2D eigenvalue weighted by molar-refractivity contribution is -0.115. The van der Waals surface area contributed by atoms with Gasteiger partial charge < -0.3 is 9.47 Å². The van der Waals surface area contributed by atoms with E-state index in [-0.39, 0.29) is 11.3 Å². The van der Waals surface area contributed by atoms with E-state index < -0.39 is 0 Å². The van der Waals surface area contributed by atoms with Crippen molar-refractivity contribution >= 4 is 50.9 Å². The number of anilines is 1. The van der Waals surface area contributed by atoms with Crippen LogP contribution in [0.3, 0.4) is 0 Å². The number of ether oxygens (including phenoxy) is 2. The Morgan fingerprint density at radius 1 is 1.38 bits per heavy atom. The van der Waals surface area contributed by atoms with E-state index in [1.165, 1.54) is 0 Å². The van der Waals surface area contributed by atoms with E-state index in [4.69, 9.17) is 21.1 Å². The molecule has 1 fully saturated rings. The quantitative estimate of drug-likeness (QED) is 0.544. The molecule has 4 nitrogen and oxygen atoms in total. The third-order valence-corrected chi connectivity index (χ3v) is 5.91. The molecule has 0 saturated carbocycles. The molecule has 1 saturated heterocycles. The normalized spacial score (nSPS) is 16.7. The number of benzene rings is 2. The third kappa shape index (κ3) is 3.87. The predicted octanol–water partition coefficient (Wildman–Crippen LogP) is 5.45. The molecule has 7 heteroatoms. The first-order chi connectivity index (χ1) is 12.5. The second-order valence-electron chi connectivity index (χ2n) is 5.54. The fourth-order valence-corrected chi connectivity index (χ4v) is 4.57. The monoisotopic (exact) mass is 453 g/mol. The number of halogens is 2. The van der Waals surface area contributed by atoms with Gasteiger partial charge in [0.25, 0.3) is 0 Å². The van der Waals surface area contributed by atoms with Gasteiger partial charge in [0.1, 0.15) is 12.0 Å². The standard InChI is InChI=1S/C19H17BrClNO3S/c1-3-8-25-18-15(20)9-12(10-16(18)24-2)19-22(17(23)11-26-19)14-6-4-13(21)5-7-14/h3-7,9-10,19H,1,8,11H2,2H3/t19-/m1/s1. The van der Waals surface area contributed by atoms with Gasteiger partial charge in [-0.3, -0.25) is 9.69 Å². The van der Waals surface area contributed by atoms with Crippen LogP contribution in [0, 0.1) is 0 Å². The molecule has 0 radical (unpaired) electrons. The molecule has 0 spiro atoms. The Hall–Kier alpha value is -1.63. The van der Waals surface area contributed by atoms with Crippen LogP contribution in [0.15, 0.2) is 53.5 Å². The van der Waals surface area contributed by atoms with Crippen LogP contribution < -0.4 is 14.4 Å². The van der Waals surface area contributed by atoms with E-state index in [9.17, 15) is 4.79 Å². The molecule has 1 atom stereocenters. The Morgan fingerprint density at radius 3 is 2.77 bits per heavy atom. The average molecular weight is 455 g/mol. The molecule has 0 aliphatic carbocycles. The molecule has 136 valence electrons. The van der Waals surface area contributed by atoms with E-state index in [0.29, 0.717) is 28.9 Å². The van der Waals surface area contributed by atoms with Crippen LogP contribution in [-0.4, -0.2) is 25.4 Å². The number of thioether (sulfide) groups is 1. The molecule has 1 aliphatic rings. The van der Waals surface area contributed by atoms with Crippen LogP contribution in [0.5, 0.6) is 11.5 Å². The van der Waals surface area contributed by atoms with E-state index in [1.54, 1.807) is 42.0 Å². The van der Waals surface area contributed by atoms with Gasteiger partial charge in [0.2, 0.25) is 5.91 Å². The minimum absolute atomic E-state index is 0.0596. The molecular weight excluding hydrogens is 438 g/mol. The minimum Gasteiger partial charge on any atom is -0.493 e. The van der Waals surface area contributed by atoms with Crippen molar-refractivity contribution < 1.29 is 14.3 Å². The fourth-order valence-electron chi connectivity index (χ4n) is 2.72. The molecule has 0 aromatic heterocycles. The molecule has 26 heavy (non-hydrogen) atoms. The highest BCUT2D eigenvalue weighted by Crippen LogP contribution is 2.46. The van der Waals surface area contributed by atoms with Gasteiger partial charge >= 0.3 is 0 Å².